The van der Waals surface area contributed by atoms with E-state index in [-0.39, 0.29) is 16.9 Å². The van der Waals surface area contributed by atoms with Gasteiger partial charge >= 0.3 is 0 Å². The Balaban J connectivity index is 1.53. The van der Waals surface area contributed by atoms with Crippen LogP contribution in [-0.4, -0.2) is 27.1 Å². The van der Waals surface area contributed by atoms with E-state index < -0.39 is 0 Å². The van der Waals surface area contributed by atoms with Crippen LogP contribution in [0.1, 0.15) is 42.6 Å². The summed E-state index contributed by atoms with van der Waals surface area (Å²) in [5.74, 6) is 1.34. The van der Waals surface area contributed by atoms with Gasteiger partial charge in [0.05, 0.1) is 11.0 Å². The number of carbonyl (C=O) groups is 2. The number of aromatic nitrogens is 2. The normalized spacial score (nSPS) is 11.8. The molecule has 6 nitrogen and oxygen atoms in total. The van der Waals surface area contributed by atoms with Crippen LogP contribution in [0.2, 0.25) is 0 Å². The van der Waals surface area contributed by atoms with Gasteiger partial charge in [-0.05, 0) is 50.1 Å². The molecule has 0 bridgehead atoms. The number of aryl methyl sites for hydroxylation is 1. The van der Waals surface area contributed by atoms with Gasteiger partial charge in [-0.3, -0.25) is 9.59 Å². The van der Waals surface area contributed by atoms with Crippen LogP contribution >= 0.6 is 11.8 Å². The lowest BCUT2D eigenvalue weighted by Gasteiger charge is -2.11. The number of Topliss-reactive ketones (excluding diaryl/α,β-unsaturated/α-hetero) is 1. The Morgan fingerprint density at radius 2 is 1.79 bits per heavy atom. The van der Waals surface area contributed by atoms with E-state index in [1.165, 1.54) is 24.2 Å². The molecule has 0 spiro atoms. The maximum atomic E-state index is 12.4. The predicted octanol–water partition coefficient (Wildman–Crippen LogP) is 4.76. The Hall–Kier alpha value is -2.93. The monoisotopic (exact) mass is 409 g/mol. The summed E-state index contributed by atoms with van der Waals surface area (Å²) in [6.07, 6.45) is 0.981. The van der Waals surface area contributed by atoms with Crippen molar-refractivity contribution in [2.75, 3.05) is 5.32 Å². The Labute approximate surface area is 174 Å². The molecule has 0 saturated carbocycles. The van der Waals surface area contributed by atoms with Gasteiger partial charge in [0.2, 0.25) is 17.6 Å². The maximum Gasteiger partial charge on any atom is 0.237 e. The number of amides is 1. The third-order valence-corrected chi connectivity index (χ3v) is 5.60. The van der Waals surface area contributed by atoms with Crippen molar-refractivity contribution in [3.63, 3.8) is 0 Å². The molecule has 0 aliphatic rings. The fourth-order valence-corrected chi connectivity index (χ4v) is 3.34. The first kappa shape index (κ1) is 20.8. The van der Waals surface area contributed by atoms with E-state index in [9.17, 15) is 9.59 Å². The van der Waals surface area contributed by atoms with Crippen LogP contribution in [0.25, 0.3) is 11.4 Å². The van der Waals surface area contributed by atoms with E-state index in [0.717, 1.165) is 12.0 Å². The molecule has 29 heavy (non-hydrogen) atoms. The smallest absolute Gasteiger partial charge is 0.237 e. The Morgan fingerprint density at radius 1 is 1.10 bits per heavy atom. The summed E-state index contributed by atoms with van der Waals surface area (Å²) in [7, 11) is 0. The van der Waals surface area contributed by atoms with Gasteiger partial charge in [-0.2, -0.15) is 4.98 Å². The van der Waals surface area contributed by atoms with Crippen LogP contribution in [0.15, 0.2) is 53.1 Å². The highest BCUT2D eigenvalue weighted by Gasteiger charge is 2.16. The molecule has 0 radical (unpaired) electrons. The molecule has 1 N–H and O–H groups in total. The number of nitrogens with one attached hydrogen (secondary N) is 1. The van der Waals surface area contributed by atoms with E-state index >= 15 is 0 Å². The highest BCUT2D eigenvalue weighted by Crippen LogP contribution is 2.22. The van der Waals surface area contributed by atoms with Crippen molar-refractivity contribution in [3.8, 4) is 11.4 Å². The topological polar surface area (TPSA) is 85.1 Å². The minimum absolute atomic E-state index is 0.00738. The van der Waals surface area contributed by atoms with E-state index in [4.69, 9.17) is 4.52 Å². The summed E-state index contributed by atoms with van der Waals surface area (Å²) in [6, 6.07) is 14.9. The van der Waals surface area contributed by atoms with Crippen molar-refractivity contribution >= 4 is 29.1 Å². The number of ketones is 1. The highest BCUT2D eigenvalue weighted by molar-refractivity contribution is 7.99. The van der Waals surface area contributed by atoms with Crippen LogP contribution in [0.3, 0.4) is 0 Å². The minimum Gasteiger partial charge on any atom is -0.338 e. The molecule has 1 unspecified atom stereocenters. The highest BCUT2D eigenvalue weighted by atomic mass is 32.2. The van der Waals surface area contributed by atoms with Gasteiger partial charge in [-0.1, -0.05) is 36.3 Å². The number of nitrogens with zero attached hydrogens (tertiary/aromatic N) is 2. The number of benzene rings is 2. The zero-order valence-electron chi connectivity index (χ0n) is 16.6. The molecule has 3 rings (SSSR count). The summed E-state index contributed by atoms with van der Waals surface area (Å²) in [4.78, 5) is 28.1. The Kier molecular flexibility index (Phi) is 6.82. The van der Waals surface area contributed by atoms with E-state index in [2.05, 4.69) is 34.5 Å². The molecule has 1 heterocycles. The largest absolute Gasteiger partial charge is 0.338 e. The van der Waals surface area contributed by atoms with Crippen LogP contribution in [-0.2, 0) is 17.0 Å². The number of thioether (sulfide) groups is 1. The van der Waals surface area contributed by atoms with Crippen LogP contribution < -0.4 is 5.32 Å². The maximum absolute atomic E-state index is 12.4. The summed E-state index contributed by atoms with van der Waals surface area (Å²) < 4.78 is 5.31. The molecular weight excluding hydrogens is 386 g/mol. The zero-order chi connectivity index (χ0) is 20.8. The SMILES string of the molecule is CCc1ccc(-c2noc(CSC(C)C(=O)Nc3ccc(C(C)=O)cc3)n2)cc1. The van der Waals surface area contributed by atoms with Crippen LogP contribution in [0.5, 0.6) is 0 Å². The molecule has 1 aromatic heterocycles. The molecular formula is C22H23N3O3S. The average Bonchev–Trinajstić information content (AvgIpc) is 3.21. The number of hydrogen-bond acceptors (Lipinski definition) is 6. The standard InChI is InChI=1S/C22H23N3O3S/c1-4-16-5-7-18(8-6-16)21-24-20(28-25-21)13-29-15(3)22(27)23-19-11-9-17(10-12-19)14(2)26/h5-12,15H,4,13H2,1-3H3,(H,23,27). The molecule has 0 aliphatic heterocycles. The predicted molar refractivity (Wildman–Crippen MR) is 115 cm³/mol. The summed E-state index contributed by atoms with van der Waals surface area (Å²) in [5, 5.41) is 6.57. The van der Waals surface area contributed by atoms with Gasteiger partial charge < -0.3 is 9.84 Å². The molecule has 7 heteroatoms. The van der Waals surface area contributed by atoms with Gasteiger partial charge in [0.15, 0.2) is 5.78 Å². The van der Waals surface area contributed by atoms with Crippen molar-refractivity contribution in [2.45, 2.75) is 38.2 Å². The third kappa shape index (κ3) is 5.54. The molecule has 0 fully saturated rings. The van der Waals surface area contributed by atoms with E-state index in [1.807, 2.05) is 19.1 Å². The van der Waals surface area contributed by atoms with E-state index in [1.54, 1.807) is 24.3 Å². The van der Waals surface area contributed by atoms with Crippen molar-refractivity contribution in [3.05, 3.63) is 65.5 Å². The molecule has 1 amide bonds. The average molecular weight is 410 g/mol. The number of hydrogen-bond donors (Lipinski definition) is 1. The van der Waals surface area contributed by atoms with Gasteiger partial charge in [0.1, 0.15) is 0 Å². The van der Waals surface area contributed by atoms with Crippen LogP contribution in [0.4, 0.5) is 5.69 Å². The molecule has 0 aliphatic carbocycles. The molecule has 150 valence electrons. The van der Waals surface area contributed by atoms with Gasteiger partial charge in [-0.25, -0.2) is 0 Å². The molecule has 0 saturated heterocycles. The quantitative estimate of drug-likeness (QED) is 0.540. The Morgan fingerprint density at radius 3 is 2.41 bits per heavy atom. The van der Waals surface area contributed by atoms with Crippen molar-refractivity contribution in [1.29, 1.82) is 0 Å². The number of rotatable bonds is 8. The number of anilines is 1. The summed E-state index contributed by atoms with van der Waals surface area (Å²) >= 11 is 1.42. The lowest BCUT2D eigenvalue weighted by atomic mass is 10.1. The molecule has 3 aromatic rings. The van der Waals surface area contributed by atoms with E-state index in [0.29, 0.717) is 28.7 Å². The van der Waals surface area contributed by atoms with Crippen molar-refractivity contribution < 1.29 is 14.1 Å². The lowest BCUT2D eigenvalue weighted by molar-refractivity contribution is -0.115. The molecule has 2 aromatic carbocycles. The van der Waals surface area contributed by atoms with Gasteiger partial charge in [-0.15, -0.1) is 11.8 Å². The fraction of sp³-hybridized carbons (Fsp3) is 0.273. The molecule has 1 atom stereocenters. The van der Waals surface area contributed by atoms with Crippen molar-refractivity contribution in [2.24, 2.45) is 0 Å². The minimum atomic E-state index is -0.304. The fourth-order valence-electron chi connectivity index (χ4n) is 2.62. The number of carbonyl (C=O) groups excluding carboxylic acids is 2. The summed E-state index contributed by atoms with van der Waals surface area (Å²) in [6.45, 7) is 5.44. The first-order chi connectivity index (χ1) is 14.0. The second-order valence-corrected chi connectivity index (χ2v) is 7.97. The first-order valence-corrected chi connectivity index (χ1v) is 10.5. The lowest BCUT2D eigenvalue weighted by Crippen LogP contribution is -2.22. The van der Waals surface area contributed by atoms with Gasteiger partial charge in [0.25, 0.3) is 0 Å². The Bertz CT molecular complexity index is 981. The second kappa shape index (κ2) is 9.52. The van der Waals surface area contributed by atoms with Gasteiger partial charge in [0, 0.05) is 16.8 Å². The van der Waals surface area contributed by atoms with Crippen LogP contribution in [0, 0.1) is 0 Å². The third-order valence-electron chi connectivity index (χ3n) is 4.47. The van der Waals surface area contributed by atoms with Crippen molar-refractivity contribution in [1.82, 2.24) is 10.1 Å². The zero-order valence-corrected chi connectivity index (χ0v) is 17.5. The second-order valence-electron chi connectivity index (χ2n) is 6.64. The first-order valence-electron chi connectivity index (χ1n) is 9.41. The summed E-state index contributed by atoms with van der Waals surface area (Å²) in [5.41, 5.74) is 3.43.